The molecule has 0 bridgehead atoms. The zero-order valence-electron chi connectivity index (χ0n) is 9.32. The molecule has 15 heavy (non-hydrogen) atoms. The molecule has 0 radical (unpaired) electrons. The molecule has 1 unspecified atom stereocenters. The van der Waals surface area contributed by atoms with Crippen molar-refractivity contribution in [3.05, 3.63) is 35.4 Å². The normalized spacial score (nSPS) is 22.9. The van der Waals surface area contributed by atoms with Gasteiger partial charge in [0.1, 0.15) is 0 Å². The molecule has 82 valence electrons. The highest BCUT2D eigenvalue weighted by Gasteiger charge is 2.18. The number of likely N-dealkylation sites (N-methyl/N-ethyl adjacent to an activating group) is 1. The van der Waals surface area contributed by atoms with Gasteiger partial charge in [0.15, 0.2) is 0 Å². The summed E-state index contributed by atoms with van der Waals surface area (Å²) in [5.74, 6) is 1.57. The number of likely N-dealkylation sites (tertiary alicyclic amines) is 1. The van der Waals surface area contributed by atoms with Gasteiger partial charge in [0, 0.05) is 12.3 Å². The summed E-state index contributed by atoms with van der Waals surface area (Å²) in [7, 11) is 2.22. The maximum Gasteiger partial charge on any atom is 0.0154 e. The van der Waals surface area contributed by atoms with Crippen LogP contribution in [0.5, 0.6) is 0 Å². The highest BCUT2D eigenvalue weighted by atomic mass is 32.1. The van der Waals surface area contributed by atoms with Gasteiger partial charge in [-0.15, -0.1) is 0 Å². The van der Waals surface area contributed by atoms with Crippen molar-refractivity contribution in [2.75, 3.05) is 20.1 Å². The number of hydrogen-bond donors (Lipinski definition) is 1. The topological polar surface area (TPSA) is 3.24 Å². The first-order valence-corrected chi connectivity index (χ1v) is 6.31. The van der Waals surface area contributed by atoms with Gasteiger partial charge in [-0.05, 0) is 43.5 Å². The van der Waals surface area contributed by atoms with Crippen LogP contribution in [0.2, 0.25) is 0 Å². The van der Waals surface area contributed by atoms with Crippen LogP contribution in [0.1, 0.15) is 29.9 Å². The van der Waals surface area contributed by atoms with E-state index in [1.807, 2.05) is 0 Å². The molecule has 0 spiro atoms. The Labute approximate surface area is 97.9 Å². The molecule has 2 heteroatoms. The molecule has 1 aromatic carbocycles. The largest absolute Gasteiger partial charge is 0.306 e. The van der Waals surface area contributed by atoms with E-state index in [4.69, 9.17) is 0 Å². The lowest BCUT2D eigenvalue weighted by atomic mass is 9.90. The third-order valence-corrected chi connectivity index (χ3v) is 3.62. The van der Waals surface area contributed by atoms with E-state index in [1.54, 1.807) is 0 Å². The van der Waals surface area contributed by atoms with Crippen molar-refractivity contribution in [3.63, 3.8) is 0 Å². The van der Waals surface area contributed by atoms with Crippen molar-refractivity contribution >= 4 is 12.6 Å². The second-order valence-corrected chi connectivity index (χ2v) is 4.82. The van der Waals surface area contributed by atoms with Gasteiger partial charge in [0.05, 0.1) is 0 Å². The van der Waals surface area contributed by atoms with Crippen LogP contribution < -0.4 is 0 Å². The van der Waals surface area contributed by atoms with Gasteiger partial charge in [0.2, 0.25) is 0 Å². The molecule has 0 saturated carbocycles. The number of benzene rings is 1. The van der Waals surface area contributed by atoms with Crippen LogP contribution in [0.4, 0.5) is 0 Å². The van der Waals surface area contributed by atoms with Crippen LogP contribution in [0.25, 0.3) is 0 Å². The van der Waals surface area contributed by atoms with Crippen LogP contribution in [0, 0.1) is 0 Å². The third-order valence-electron chi connectivity index (χ3n) is 3.26. The Morgan fingerprint density at radius 2 is 2.07 bits per heavy atom. The molecule has 1 aromatic rings. The first-order chi connectivity index (χ1) is 7.29. The number of hydrogen-bond acceptors (Lipinski definition) is 2. The average Bonchev–Trinajstić information content (AvgIpc) is 2.29. The summed E-state index contributed by atoms with van der Waals surface area (Å²) < 4.78 is 0. The number of piperidine rings is 1. The van der Waals surface area contributed by atoms with E-state index in [1.165, 1.54) is 37.1 Å². The lowest BCUT2D eigenvalue weighted by Crippen LogP contribution is -2.30. The van der Waals surface area contributed by atoms with Gasteiger partial charge in [-0.3, -0.25) is 0 Å². The van der Waals surface area contributed by atoms with Crippen molar-refractivity contribution in [1.29, 1.82) is 0 Å². The van der Waals surface area contributed by atoms with E-state index >= 15 is 0 Å². The first kappa shape index (κ1) is 11.0. The molecular weight excluding hydrogens is 202 g/mol. The highest BCUT2D eigenvalue weighted by Crippen LogP contribution is 2.26. The SMILES string of the molecule is CN1CCCC(c2ccc(CS)cc2)C1. The molecule has 0 amide bonds. The van der Waals surface area contributed by atoms with Crippen molar-refractivity contribution in [1.82, 2.24) is 4.90 Å². The Morgan fingerprint density at radius 3 is 2.67 bits per heavy atom. The fourth-order valence-corrected chi connectivity index (χ4v) is 2.54. The third kappa shape index (κ3) is 2.76. The second kappa shape index (κ2) is 5.04. The van der Waals surface area contributed by atoms with E-state index in [0.29, 0.717) is 0 Å². The van der Waals surface area contributed by atoms with Gasteiger partial charge in [0.25, 0.3) is 0 Å². The van der Waals surface area contributed by atoms with Gasteiger partial charge in [-0.2, -0.15) is 12.6 Å². The van der Waals surface area contributed by atoms with Gasteiger partial charge in [-0.25, -0.2) is 0 Å². The predicted molar refractivity (Wildman–Crippen MR) is 68.6 cm³/mol. The smallest absolute Gasteiger partial charge is 0.0154 e. The minimum absolute atomic E-state index is 0.734. The predicted octanol–water partition coefficient (Wildman–Crippen LogP) is 2.93. The fourth-order valence-electron chi connectivity index (χ4n) is 2.33. The number of rotatable bonds is 2. The van der Waals surface area contributed by atoms with E-state index in [9.17, 15) is 0 Å². The summed E-state index contributed by atoms with van der Waals surface area (Å²) in [5, 5.41) is 0. The van der Waals surface area contributed by atoms with E-state index in [2.05, 4.69) is 48.8 Å². The standard InChI is InChI=1S/C13H19NS/c1-14-8-2-3-13(9-14)12-6-4-11(10-15)5-7-12/h4-7,13,15H,2-3,8-10H2,1H3. The minimum Gasteiger partial charge on any atom is -0.306 e. The Kier molecular flexibility index (Phi) is 3.71. The average molecular weight is 221 g/mol. The summed E-state index contributed by atoms with van der Waals surface area (Å²) >= 11 is 4.28. The van der Waals surface area contributed by atoms with Gasteiger partial charge < -0.3 is 4.90 Å². The van der Waals surface area contributed by atoms with Crippen molar-refractivity contribution in [2.24, 2.45) is 0 Å². The monoisotopic (exact) mass is 221 g/mol. The molecule has 0 N–H and O–H groups in total. The zero-order chi connectivity index (χ0) is 10.7. The maximum absolute atomic E-state index is 4.28. The summed E-state index contributed by atoms with van der Waals surface area (Å²) in [6, 6.07) is 8.96. The number of nitrogens with zero attached hydrogens (tertiary/aromatic N) is 1. The van der Waals surface area contributed by atoms with Crippen molar-refractivity contribution in [2.45, 2.75) is 24.5 Å². The molecule has 1 heterocycles. The molecular formula is C13H19NS. The lowest BCUT2D eigenvalue weighted by Gasteiger charge is -2.30. The summed E-state index contributed by atoms with van der Waals surface area (Å²) in [4.78, 5) is 2.43. The van der Waals surface area contributed by atoms with Crippen molar-refractivity contribution < 1.29 is 0 Å². The fraction of sp³-hybridized carbons (Fsp3) is 0.538. The van der Waals surface area contributed by atoms with Crippen molar-refractivity contribution in [3.8, 4) is 0 Å². The van der Waals surface area contributed by atoms with Crippen LogP contribution in [0.3, 0.4) is 0 Å². The Bertz CT molecular complexity index is 307. The van der Waals surface area contributed by atoms with Crippen LogP contribution in [-0.2, 0) is 5.75 Å². The highest BCUT2D eigenvalue weighted by molar-refractivity contribution is 7.79. The van der Waals surface area contributed by atoms with E-state index in [-0.39, 0.29) is 0 Å². The molecule has 1 nitrogen and oxygen atoms in total. The second-order valence-electron chi connectivity index (χ2n) is 4.50. The molecule has 1 aliphatic heterocycles. The van der Waals surface area contributed by atoms with E-state index < -0.39 is 0 Å². The van der Waals surface area contributed by atoms with Crippen LogP contribution >= 0.6 is 12.6 Å². The summed E-state index contributed by atoms with van der Waals surface area (Å²) in [6.07, 6.45) is 2.67. The molecule has 1 atom stereocenters. The molecule has 1 fully saturated rings. The summed E-state index contributed by atoms with van der Waals surface area (Å²) in [6.45, 7) is 2.46. The van der Waals surface area contributed by atoms with Gasteiger partial charge in [-0.1, -0.05) is 24.3 Å². The zero-order valence-corrected chi connectivity index (χ0v) is 10.2. The summed E-state index contributed by atoms with van der Waals surface area (Å²) in [5.41, 5.74) is 2.80. The quantitative estimate of drug-likeness (QED) is 0.752. The molecule has 2 rings (SSSR count). The molecule has 0 aliphatic carbocycles. The first-order valence-electron chi connectivity index (χ1n) is 5.68. The van der Waals surface area contributed by atoms with Gasteiger partial charge >= 0.3 is 0 Å². The van der Waals surface area contributed by atoms with Crippen LogP contribution in [-0.4, -0.2) is 25.0 Å². The van der Waals surface area contributed by atoms with Crippen LogP contribution in [0.15, 0.2) is 24.3 Å². The minimum atomic E-state index is 0.734. The Balaban J connectivity index is 2.07. The molecule has 1 saturated heterocycles. The maximum atomic E-state index is 4.28. The molecule has 1 aliphatic rings. The Morgan fingerprint density at radius 1 is 1.33 bits per heavy atom. The lowest BCUT2D eigenvalue weighted by molar-refractivity contribution is 0.251. The molecule has 0 aromatic heterocycles. The van der Waals surface area contributed by atoms with E-state index in [0.717, 1.165) is 11.7 Å². The Hall–Kier alpha value is -0.470. The number of thiol groups is 1.